The van der Waals surface area contributed by atoms with Crippen molar-refractivity contribution in [2.45, 2.75) is 32.2 Å². The van der Waals surface area contributed by atoms with Crippen LogP contribution in [0, 0.1) is 6.92 Å². The van der Waals surface area contributed by atoms with Crippen molar-refractivity contribution in [1.82, 2.24) is 10.2 Å². The van der Waals surface area contributed by atoms with Crippen molar-refractivity contribution in [2.24, 2.45) is 4.99 Å². The number of rotatable bonds is 4. The van der Waals surface area contributed by atoms with Crippen LogP contribution in [-0.4, -0.2) is 47.6 Å². The van der Waals surface area contributed by atoms with Crippen LogP contribution in [0.3, 0.4) is 0 Å². The summed E-state index contributed by atoms with van der Waals surface area (Å²) in [5.41, 5.74) is 3.06. The molecule has 0 aliphatic carbocycles. The number of carbonyl (C=O) groups excluding carboxylic acids is 2. The number of hydrogen-bond donors (Lipinski definition) is 1. The predicted molar refractivity (Wildman–Crippen MR) is 104 cm³/mol. The largest absolute Gasteiger partial charge is 0.351 e. The molecule has 0 spiro atoms. The molecule has 1 fully saturated rings. The van der Waals surface area contributed by atoms with E-state index in [4.69, 9.17) is 0 Å². The number of nitrogens with zero attached hydrogens (tertiary/aromatic N) is 3. The molecule has 1 atom stereocenters. The zero-order chi connectivity index (χ0) is 18.1. The Labute approximate surface area is 157 Å². The number of amidine groups is 1. The van der Waals surface area contributed by atoms with Gasteiger partial charge in [0, 0.05) is 37.4 Å². The first-order chi connectivity index (χ1) is 12.6. The molecule has 3 aliphatic rings. The summed E-state index contributed by atoms with van der Waals surface area (Å²) >= 11 is 1.59. The maximum Gasteiger partial charge on any atom is 0.229 e. The minimum atomic E-state index is -0.138. The van der Waals surface area contributed by atoms with Crippen LogP contribution in [0.2, 0.25) is 0 Å². The first-order valence-corrected chi connectivity index (χ1v) is 9.82. The predicted octanol–water partition coefficient (Wildman–Crippen LogP) is 2.26. The molecular weight excluding hydrogens is 348 g/mol. The van der Waals surface area contributed by atoms with E-state index < -0.39 is 0 Å². The van der Waals surface area contributed by atoms with Crippen molar-refractivity contribution in [2.75, 3.05) is 24.5 Å². The lowest BCUT2D eigenvalue weighted by atomic mass is 10.2. The average Bonchev–Trinajstić information content (AvgIpc) is 3.19. The summed E-state index contributed by atoms with van der Waals surface area (Å²) in [5, 5.41) is 6.04. The molecule has 0 bridgehead atoms. The number of hydrogen-bond acceptors (Lipinski definition) is 5. The van der Waals surface area contributed by atoms with Crippen LogP contribution >= 0.6 is 11.8 Å². The first kappa shape index (κ1) is 17.1. The molecule has 6 nitrogen and oxygen atoms in total. The molecule has 26 heavy (non-hydrogen) atoms. The summed E-state index contributed by atoms with van der Waals surface area (Å²) in [6.45, 7) is 4.34. The third-order valence-corrected chi connectivity index (χ3v) is 5.79. The van der Waals surface area contributed by atoms with E-state index in [0.717, 1.165) is 41.6 Å². The molecule has 0 unspecified atom stereocenters. The molecule has 0 aromatic heterocycles. The smallest absolute Gasteiger partial charge is 0.229 e. The van der Waals surface area contributed by atoms with Crippen LogP contribution < -0.4 is 10.2 Å². The van der Waals surface area contributed by atoms with Crippen LogP contribution in [0.25, 0.3) is 0 Å². The molecule has 1 saturated heterocycles. The monoisotopic (exact) mass is 370 g/mol. The Morgan fingerprint density at radius 2 is 2.12 bits per heavy atom. The summed E-state index contributed by atoms with van der Waals surface area (Å²) in [4.78, 5) is 33.2. The van der Waals surface area contributed by atoms with Gasteiger partial charge in [0.1, 0.15) is 0 Å². The SMILES string of the molecule is Cc1ccc(N2C[C@@H](NC(=O)CC3=CSC4=NCCCN34)CC2=O)cc1. The maximum absolute atomic E-state index is 12.5. The lowest BCUT2D eigenvalue weighted by molar-refractivity contribution is -0.121. The Morgan fingerprint density at radius 3 is 2.92 bits per heavy atom. The van der Waals surface area contributed by atoms with E-state index >= 15 is 0 Å². The summed E-state index contributed by atoms with van der Waals surface area (Å²) in [6.07, 6.45) is 1.71. The Balaban J connectivity index is 1.34. The molecule has 1 aromatic carbocycles. The Kier molecular flexibility index (Phi) is 4.72. The number of aliphatic imine (C=N–C) groups is 1. The minimum absolute atomic E-state index is 0.0350. The van der Waals surface area contributed by atoms with E-state index in [2.05, 4.69) is 15.2 Å². The van der Waals surface area contributed by atoms with Gasteiger partial charge in [0.25, 0.3) is 0 Å². The number of thioether (sulfide) groups is 1. The number of amides is 2. The van der Waals surface area contributed by atoms with Gasteiger partial charge in [-0.1, -0.05) is 29.5 Å². The summed E-state index contributed by atoms with van der Waals surface area (Å²) in [5.74, 6) is 0.0208. The van der Waals surface area contributed by atoms with Gasteiger partial charge in [0.05, 0.1) is 12.5 Å². The minimum Gasteiger partial charge on any atom is -0.351 e. The molecule has 0 radical (unpaired) electrons. The van der Waals surface area contributed by atoms with Crippen LogP contribution in [0.15, 0.2) is 40.4 Å². The second-order valence-corrected chi connectivity index (χ2v) is 7.72. The van der Waals surface area contributed by atoms with E-state index in [1.807, 2.05) is 36.6 Å². The van der Waals surface area contributed by atoms with Crippen molar-refractivity contribution >= 4 is 34.4 Å². The second-order valence-electron chi connectivity index (χ2n) is 6.88. The second kappa shape index (κ2) is 7.15. The molecule has 136 valence electrons. The van der Waals surface area contributed by atoms with Gasteiger partial charge in [0.2, 0.25) is 11.8 Å². The lowest BCUT2D eigenvalue weighted by Crippen LogP contribution is -2.38. The fraction of sp³-hybridized carbons (Fsp3) is 0.421. The van der Waals surface area contributed by atoms with E-state index in [9.17, 15) is 9.59 Å². The van der Waals surface area contributed by atoms with E-state index in [1.165, 1.54) is 0 Å². The molecular formula is C19H22N4O2S. The van der Waals surface area contributed by atoms with Crippen LogP contribution in [0.4, 0.5) is 5.69 Å². The van der Waals surface area contributed by atoms with Crippen molar-refractivity contribution in [3.05, 3.63) is 40.9 Å². The highest BCUT2D eigenvalue weighted by atomic mass is 32.2. The summed E-state index contributed by atoms with van der Waals surface area (Å²) in [7, 11) is 0. The van der Waals surface area contributed by atoms with E-state index in [0.29, 0.717) is 19.4 Å². The topological polar surface area (TPSA) is 65.0 Å². The first-order valence-electron chi connectivity index (χ1n) is 8.94. The summed E-state index contributed by atoms with van der Waals surface area (Å²) in [6, 6.07) is 7.76. The fourth-order valence-electron chi connectivity index (χ4n) is 3.50. The van der Waals surface area contributed by atoms with Crippen LogP contribution in [0.5, 0.6) is 0 Å². The highest BCUT2D eigenvalue weighted by Gasteiger charge is 2.32. The summed E-state index contributed by atoms with van der Waals surface area (Å²) < 4.78 is 0. The number of carbonyl (C=O) groups is 2. The quantitative estimate of drug-likeness (QED) is 0.883. The van der Waals surface area contributed by atoms with E-state index in [1.54, 1.807) is 16.7 Å². The molecule has 1 aromatic rings. The molecule has 2 amide bonds. The molecule has 7 heteroatoms. The van der Waals surface area contributed by atoms with Crippen LogP contribution in [-0.2, 0) is 9.59 Å². The molecule has 0 saturated carbocycles. The van der Waals surface area contributed by atoms with Crippen molar-refractivity contribution in [1.29, 1.82) is 0 Å². The zero-order valence-corrected chi connectivity index (χ0v) is 15.6. The number of fused-ring (bicyclic) bond motifs is 1. The highest BCUT2D eigenvalue weighted by molar-refractivity contribution is 8.16. The normalized spacial score (nSPS) is 22.2. The lowest BCUT2D eigenvalue weighted by Gasteiger charge is -2.25. The van der Waals surface area contributed by atoms with Gasteiger partial charge in [-0.2, -0.15) is 0 Å². The Bertz CT molecular complexity index is 787. The zero-order valence-electron chi connectivity index (χ0n) is 14.8. The average molecular weight is 370 g/mol. The third kappa shape index (κ3) is 3.49. The van der Waals surface area contributed by atoms with E-state index in [-0.39, 0.29) is 17.9 Å². The fourth-order valence-corrected chi connectivity index (χ4v) is 4.45. The highest BCUT2D eigenvalue weighted by Crippen LogP contribution is 2.30. The number of benzene rings is 1. The standard InChI is InChI=1S/C19H22N4O2S/c1-13-3-5-15(6-4-13)23-11-14(9-18(23)25)21-17(24)10-16-12-26-19-20-7-2-8-22(16)19/h3-6,12,14H,2,7-11H2,1H3,(H,21,24)/t14-/m0/s1. The molecule has 1 N–H and O–H groups in total. The van der Waals surface area contributed by atoms with Gasteiger partial charge in [-0.15, -0.1) is 0 Å². The van der Waals surface area contributed by atoms with Gasteiger partial charge in [-0.05, 0) is 30.9 Å². The number of nitrogens with one attached hydrogen (secondary N) is 1. The maximum atomic E-state index is 12.5. The number of anilines is 1. The Morgan fingerprint density at radius 1 is 1.31 bits per heavy atom. The number of aryl methyl sites for hydroxylation is 1. The molecule has 3 heterocycles. The van der Waals surface area contributed by atoms with Crippen molar-refractivity contribution in [3.63, 3.8) is 0 Å². The Hall–Kier alpha value is -2.28. The van der Waals surface area contributed by atoms with Gasteiger partial charge < -0.3 is 15.1 Å². The third-order valence-electron chi connectivity index (χ3n) is 4.84. The molecule has 3 aliphatic heterocycles. The van der Waals surface area contributed by atoms with Crippen molar-refractivity contribution < 1.29 is 9.59 Å². The van der Waals surface area contributed by atoms with Gasteiger partial charge in [-0.25, -0.2) is 0 Å². The van der Waals surface area contributed by atoms with Gasteiger partial charge >= 0.3 is 0 Å². The molecule has 4 rings (SSSR count). The van der Waals surface area contributed by atoms with Gasteiger partial charge in [0.15, 0.2) is 5.17 Å². The van der Waals surface area contributed by atoms with Gasteiger partial charge in [-0.3, -0.25) is 14.6 Å². The van der Waals surface area contributed by atoms with Crippen LogP contribution in [0.1, 0.15) is 24.8 Å². The van der Waals surface area contributed by atoms with Crippen molar-refractivity contribution in [3.8, 4) is 0 Å².